The first kappa shape index (κ1) is 12.1. The number of nitrogens with two attached hydrogens (primary N) is 1. The largest absolute Gasteiger partial charge is 0.435 e. The molecule has 0 heterocycles. The fourth-order valence-electron chi connectivity index (χ4n) is 0.117. The smallest absolute Gasteiger partial charge is 0.307 e. The Bertz CT molecular complexity index is 163. The number of carbonyl (C=O) groups is 2. The third-order valence-corrected chi connectivity index (χ3v) is 0.450. The molecule has 0 aliphatic carbocycles. The van der Waals surface area contributed by atoms with Crippen LogP contribution < -0.4 is 5.73 Å². The van der Waals surface area contributed by atoms with E-state index in [1.165, 1.54) is 6.92 Å². The summed E-state index contributed by atoms with van der Waals surface area (Å²) in [5.74, 6) is -0.810. The third kappa shape index (κ3) is 29.7. The second kappa shape index (κ2) is 8.42. The minimum absolute atomic E-state index is 0.329. The molecule has 0 fully saturated rings. The van der Waals surface area contributed by atoms with Crippen LogP contribution in [0.4, 0.5) is 0 Å². The van der Waals surface area contributed by atoms with Crippen LogP contribution in [0.15, 0.2) is 25.5 Å². The molecule has 0 saturated carbocycles. The second-order valence-electron chi connectivity index (χ2n) is 1.38. The van der Waals surface area contributed by atoms with Crippen LogP contribution in [0.1, 0.15) is 6.92 Å². The zero-order valence-corrected chi connectivity index (χ0v) is 6.37. The number of esters is 1. The van der Waals surface area contributed by atoms with Gasteiger partial charge in [0.15, 0.2) is 0 Å². The summed E-state index contributed by atoms with van der Waals surface area (Å²) >= 11 is 0. The molecule has 2 N–H and O–H groups in total. The molecule has 0 aromatic rings. The van der Waals surface area contributed by atoms with E-state index in [4.69, 9.17) is 0 Å². The molecule has 4 heteroatoms. The van der Waals surface area contributed by atoms with Crippen molar-refractivity contribution in [1.82, 2.24) is 0 Å². The van der Waals surface area contributed by atoms with Gasteiger partial charge in [0.05, 0.1) is 6.26 Å². The molecule has 4 nitrogen and oxygen atoms in total. The van der Waals surface area contributed by atoms with E-state index in [1.807, 2.05) is 0 Å². The number of carbonyl (C=O) groups excluding carboxylic acids is 2. The molecule has 0 unspecified atom stereocenters. The summed E-state index contributed by atoms with van der Waals surface area (Å²) in [6, 6.07) is 0. The minimum atomic E-state index is -0.481. The van der Waals surface area contributed by atoms with E-state index in [2.05, 4.69) is 23.6 Å². The van der Waals surface area contributed by atoms with Crippen molar-refractivity contribution >= 4 is 11.9 Å². The zero-order chi connectivity index (χ0) is 9.28. The Labute approximate surface area is 65.3 Å². The average molecular weight is 157 g/mol. The molecule has 1 amide bonds. The maximum absolute atomic E-state index is 9.75. The Morgan fingerprint density at radius 2 is 1.82 bits per heavy atom. The number of hydrogen-bond acceptors (Lipinski definition) is 3. The number of primary amides is 1. The first-order valence-electron chi connectivity index (χ1n) is 2.74. The van der Waals surface area contributed by atoms with Gasteiger partial charge in [-0.05, 0) is 6.08 Å². The SMILES string of the molecule is C=CC(N)=O.C=COC(C)=O. The number of ether oxygens (including phenoxy) is 1. The minimum Gasteiger partial charge on any atom is -0.435 e. The van der Waals surface area contributed by atoms with Gasteiger partial charge in [0.2, 0.25) is 5.91 Å². The van der Waals surface area contributed by atoms with E-state index in [9.17, 15) is 9.59 Å². The van der Waals surface area contributed by atoms with Gasteiger partial charge in [-0.15, -0.1) is 0 Å². The Morgan fingerprint density at radius 1 is 1.45 bits per heavy atom. The van der Waals surface area contributed by atoms with Gasteiger partial charge in [0.25, 0.3) is 0 Å². The van der Waals surface area contributed by atoms with Crippen molar-refractivity contribution in [2.75, 3.05) is 0 Å². The van der Waals surface area contributed by atoms with Crippen LogP contribution in [0.2, 0.25) is 0 Å². The number of rotatable bonds is 2. The van der Waals surface area contributed by atoms with Crippen molar-refractivity contribution in [3.8, 4) is 0 Å². The zero-order valence-electron chi connectivity index (χ0n) is 6.37. The van der Waals surface area contributed by atoms with Gasteiger partial charge in [-0.3, -0.25) is 9.59 Å². The van der Waals surface area contributed by atoms with E-state index in [-0.39, 0.29) is 5.97 Å². The molecule has 0 aliphatic rings. The fraction of sp³-hybridized carbons (Fsp3) is 0.143. The highest BCUT2D eigenvalue weighted by molar-refractivity contribution is 5.84. The lowest BCUT2D eigenvalue weighted by Gasteiger charge is -1.83. The highest BCUT2D eigenvalue weighted by Gasteiger charge is 1.79. The Morgan fingerprint density at radius 3 is 1.82 bits per heavy atom. The average Bonchev–Trinajstić information content (AvgIpc) is 1.89. The molecule has 0 atom stereocenters. The van der Waals surface area contributed by atoms with Crippen molar-refractivity contribution in [3.63, 3.8) is 0 Å². The topological polar surface area (TPSA) is 69.4 Å². The second-order valence-corrected chi connectivity index (χ2v) is 1.38. The quantitative estimate of drug-likeness (QED) is 0.357. The summed E-state index contributed by atoms with van der Waals surface area (Å²) in [5.41, 5.74) is 4.53. The van der Waals surface area contributed by atoms with Crippen LogP contribution in [0.5, 0.6) is 0 Å². The molecule has 62 valence electrons. The molecular weight excluding hydrogens is 146 g/mol. The molecule has 0 rings (SSSR count). The van der Waals surface area contributed by atoms with Crippen molar-refractivity contribution in [1.29, 1.82) is 0 Å². The van der Waals surface area contributed by atoms with Gasteiger partial charge < -0.3 is 10.5 Å². The van der Waals surface area contributed by atoms with E-state index in [0.717, 1.165) is 12.3 Å². The van der Waals surface area contributed by atoms with E-state index < -0.39 is 5.91 Å². The lowest BCUT2D eigenvalue weighted by molar-refractivity contribution is -0.135. The molecular formula is C7H11NO3. The molecule has 0 saturated heterocycles. The maximum Gasteiger partial charge on any atom is 0.307 e. The van der Waals surface area contributed by atoms with Crippen LogP contribution in [0.3, 0.4) is 0 Å². The fourth-order valence-corrected chi connectivity index (χ4v) is 0.117. The molecule has 0 radical (unpaired) electrons. The highest BCUT2D eigenvalue weighted by atomic mass is 16.5. The van der Waals surface area contributed by atoms with Gasteiger partial charge >= 0.3 is 5.97 Å². The predicted octanol–water partition coefficient (Wildman–Crippen LogP) is 0.351. The Hall–Kier alpha value is -1.58. The summed E-state index contributed by atoms with van der Waals surface area (Å²) in [6.07, 6.45) is 2.16. The number of amides is 1. The van der Waals surface area contributed by atoms with E-state index in [1.54, 1.807) is 0 Å². The lowest BCUT2D eigenvalue weighted by Crippen LogP contribution is -2.04. The standard InChI is InChI=1S/C4H6O2.C3H5NO/c1-3-6-4(2)5;1-2-3(4)5/h3H,1H2,2H3;2H,1H2,(H2,4,5). The summed E-state index contributed by atoms with van der Waals surface area (Å²) in [5, 5.41) is 0. The predicted molar refractivity (Wildman–Crippen MR) is 41.4 cm³/mol. The van der Waals surface area contributed by atoms with E-state index >= 15 is 0 Å². The van der Waals surface area contributed by atoms with Crippen LogP contribution in [0, 0.1) is 0 Å². The highest BCUT2D eigenvalue weighted by Crippen LogP contribution is 1.70. The summed E-state index contributed by atoms with van der Waals surface area (Å²) in [4.78, 5) is 19.2. The molecule has 11 heavy (non-hydrogen) atoms. The van der Waals surface area contributed by atoms with Crippen molar-refractivity contribution in [2.45, 2.75) is 6.92 Å². The van der Waals surface area contributed by atoms with Crippen LogP contribution in [-0.4, -0.2) is 11.9 Å². The molecule has 0 spiro atoms. The molecule has 0 bridgehead atoms. The molecule has 0 aromatic carbocycles. The summed E-state index contributed by atoms with van der Waals surface area (Å²) in [7, 11) is 0. The lowest BCUT2D eigenvalue weighted by atomic mass is 10.6. The van der Waals surface area contributed by atoms with Crippen LogP contribution in [0.25, 0.3) is 0 Å². The van der Waals surface area contributed by atoms with Crippen molar-refractivity contribution in [3.05, 3.63) is 25.5 Å². The molecule has 0 aromatic heterocycles. The van der Waals surface area contributed by atoms with Gasteiger partial charge in [-0.2, -0.15) is 0 Å². The van der Waals surface area contributed by atoms with Gasteiger partial charge in [0.1, 0.15) is 0 Å². The summed E-state index contributed by atoms with van der Waals surface area (Å²) in [6.45, 7) is 7.56. The Kier molecular flexibility index (Phi) is 9.29. The van der Waals surface area contributed by atoms with Crippen LogP contribution in [-0.2, 0) is 14.3 Å². The Balaban J connectivity index is 0. The van der Waals surface area contributed by atoms with Gasteiger partial charge in [-0.25, -0.2) is 0 Å². The van der Waals surface area contributed by atoms with Crippen molar-refractivity contribution in [2.24, 2.45) is 5.73 Å². The first-order chi connectivity index (χ1) is 5.04. The van der Waals surface area contributed by atoms with Gasteiger partial charge in [-0.1, -0.05) is 13.2 Å². The molecule has 0 aliphatic heterocycles. The van der Waals surface area contributed by atoms with Crippen LogP contribution >= 0.6 is 0 Å². The summed E-state index contributed by atoms with van der Waals surface area (Å²) < 4.78 is 4.17. The van der Waals surface area contributed by atoms with E-state index in [0.29, 0.717) is 0 Å². The number of hydrogen-bond donors (Lipinski definition) is 1. The normalized spacial score (nSPS) is 6.64. The maximum atomic E-state index is 9.75. The van der Waals surface area contributed by atoms with Gasteiger partial charge in [0, 0.05) is 6.92 Å². The first-order valence-corrected chi connectivity index (χ1v) is 2.74. The van der Waals surface area contributed by atoms with Crippen molar-refractivity contribution < 1.29 is 14.3 Å². The third-order valence-electron chi connectivity index (χ3n) is 0.450. The monoisotopic (exact) mass is 157 g/mol.